The number of benzene rings is 2. The maximum Gasteiger partial charge on any atom is 0.227 e. The second-order valence-electron chi connectivity index (χ2n) is 5.77. The van der Waals surface area contributed by atoms with E-state index in [0.29, 0.717) is 38.3 Å². The molecule has 0 unspecified atom stereocenters. The molecule has 0 bridgehead atoms. The number of carbonyl (C=O) groups is 1. The Morgan fingerprint density at radius 2 is 1.75 bits per heavy atom. The van der Waals surface area contributed by atoms with Crippen LogP contribution in [-0.4, -0.2) is 37.0 Å². The highest BCUT2D eigenvalue weighted by molar-refractivity contribution is 9.10. The Balaban J connectivity index is 1.58. The van der Waals surface area contributed by atoms with Gasteiger partial charge in [-0.2, -0.15) is 0 Å². The van der Waals surface area contributed by atoms with E-state index in [9.17, 15) is 13.6 Å². The molecule has 1 saturated heterocycles. The second kappa shape index (κ2) is 7.30. The van der Waals surface area contributed by atoms with Gasteiger partial charge in [-0.1, -0.05) is 28.1 Å². The Morgan fingerprint density at radius 3 is 2.42 bits per heavy atom. The minimum Gasteiger partial charge on any atom is -0.368 e. The normalized spacial score (nSPS) is 14.8. The highest BCUT2D eigenvalue weighted by Crippen LogP contribution is 2.20. The van der Waals surface area contributed by atoms with E-state index >= 15 is 0 Å². The van der Waals surface area contributed by atoms with Gasteiger partial charge in [0.25, 0.3) is 0 Å². The van der Waals surface area contributed by atoms with Crippen LogP contribution in [0, 0.1) is 11.6 Å². The van der Waals surface area contributed by atoms with Gasteiger partial charge < -0.3 is 9.80 Å². The van der Waals surface area contributed by atoms with Crippen molar-refractivity contribution in [3.05, 3.63) is 64.1 Å². The summed E-state index contributed by atoms with van der Waals surface area (Å²) in [6.07, 6.45) is 0.366. The third-order valence-electron chi connectivity index (χ3n) is 4.15. The summed E-state index contributed by atoms with van der Waals surface area (Å²) in [5.74, 6) is -1.61. The van der Waals surface area contributed by atoms with Gasteiger partial charge in [0.2, 0.25) is 5.91 Å². The SMILES string of the molecule is O=C(Cc1cccc(Br)c1)N1CCN(c2ccc(F)c(F)c2)CC1. The van der Waals surface area contributed by atoms with Gasteiger partial charge in [-0.05, 0) is 29.8 Å². The molecule has 0 radical (unpaired) electrons. The van der Waals surface area contributed by atoms with Crippen molar-refractivity contribution in [3.8, 4) is 0 Å². The van der Waals surface area contributed by atoms with Crippen molar-refractivity contribution in [2.75, 3.05) is 31.1 Å². The topological polar surface area (TPSA) is 23.6 Å². The molecule has 0 saturated carbocycles. The Labute approximate surface area is 148 Å². The molecular weight excluding hydrogens is 378 g/mol. The molecule has 0 spiro atoms. The second-order valence-corrected chi connectivity index (χ2v) is 6.69. The summed E-state index contributed by atoms with van der Waals surface area (Å²) < 4.78 is 27.3. The maximum absolute atomic E-state index is 13.3. The molecule has 0 N–H and O–H groups in total. The van der Waals surface area contributed by atoms with Crippen LogP contribution in [-0.2, 0) is 11.2 Å². The van der Waals surface area contributed by atoms with E-state index in [-0.39, 0.29) is 5.91 Å². The average molecular weight is 395 g/mol. The third kappa shape index (κ3) is 3.93. The molecule has 1 aliphatic heterocycles. The van der Waals surface area contributed by atoms with Gasteiger partial charge in [0, 0.05) is 42.4 Å². The molecule has 1 heterocycles. The van der Waals surface area contributed by atoms with Crippen LogP contribution in [0.2, 0.25) is 0 Å². The van der Waals surface area contributed by atoms with Crippen molar-refractivity contribution in [1.82, 2.24) is 4.90 Å². The Morgan fingerprint density at radius 1 is 1.00 bits per heavy atom. The van der Waals surface area contributed by atoms with Gasteiger partial charge in [-0.25, -0.2) is 8.78 Å². The highest BCUT2D eigenvalue weighted by atomic mass is 79.9. The minimum absolute atomic E-state index is 0.0815. The lowest BCUT2D eigenvalue weighted by Crippen LogP contribution is -2.49. The number of anilines is 1. The summed E-state index contributed by atoms with van der Waals surface area (Å²) >= 11 is 3.40. The van der Waals surface area contributed by atoms with Crippen LogP contribution in [0.15, 0.2) is 46.9 Å². The molecule has 0 aromatic heterocycles. The van der Waals surface area contributed by atoms with E-state index in [4.69, 9.17) is 0 Å². The van der Waals surface area contributed by atoms with Crippen LogP contribution in [0.1, 0.15) is 5.56 Å². The molecular formula is C18H17BrF2N2O. The number of carbonyl (C=O) groups excluding carboxylic acids is 1. The van der Waals surface area contributed by atoms with Crippen LogP contribution in [0.25, 0.3) is 0 Å². The summed E-state index contributed by atoms with van der Waals surface area (Å²) in [5, 5.41) is 0. The van der Waals surface area contributed by atoms with Crippen LogP contribution < -0.4 is 4.90 Å². The monoisotopic (exact) mass is 394 g/mol. The number of hydrogen-bond acceptors (Lipinski definition) is 2. The molecule has 0 aliphatic carbocycles. The number of amides is 1. The number of hydrogen-bond donors (Lipinski definition) is 0. The Hall–Kier alpha value is -1.95. The van der Waals surface area contributed by atoms with Crippen molar-refractivity contribution in [1.29, 1.82) is 0 Å². The van der Waals surface area contributed by atoms with Crippen LogP contribution >= 0.6 is 15.9 Å². The van der Waals surface area contributed by atoms with Gasteiger partial charge >= 0.3 is 0 Å². The first-order chi connectivity index (χ1) is 11.5. The van der Waals surface area contributed by atoms with E-state index in [2.05, 4.69) is 15.9 Å². The molecule has 6 heteroatoms. The molecule has 126 valence electrons. The van der Waals surface area contributed by atoms with Crippen LogP contribution in [0.5, 0.6) is 0 Å². The number of piperazine rings is 1. The lowest BCUT2D eigenvalue weighted by atomic mass is 10.1. The predicted molar refractivity (Wildman–Crippen MR) is 93.0 cm³/mol. The lowest BCUT2D eigenvalue weighted by molar-refractivity contribution is -0.130. The quantitative estimate of drug-likeness (QED) is 0.793. The molecule has 2 aromatic carbocycles. The van der Waals surface area contributed by atoms with Crippen molar-refractivity contribution in [2.45, 2.75) is 6.42 Å². The molecule has 1 fully saturated rings. The number of rotatable bonds is 3. The van der Waals surface area contributed by atoms with Gasteiger partial charge in [-0.15, -0.1) is 0 Å². The molecule has 24 heavy (non-hydrogen) atoms. The molecule has 2 aromatic rings. The summed E-state index contributed by atoms with van der Waals surface area (Å²) in [5.41, 5.74) is 1.62. The average Bonchev–Trinajstić information content (AvgIpc) is 2.57. The van der Waals surface area contributed by atoms with Crippen molar-refractivity contribution < 1.29 is 13.6 Å². The van der Waals surface area contributed by atoms with E-state index in [1.165, 1.54) is 6.07 Å². The molecule has 0 atom stereocenters. The first kappa shape index (κ1) is 16.9. The predicted octanol–water partition coefficient (Wildman–Crippen LogP) is 3.62. The Kier molecular flexibility index (Phi) is 5.14. The largest absolute Gasteiger partial charge is 0.368 e. The fourth-order valence-electron chi connectivity index (χ4n) is 2.83. The fourth-order valence-corrected chi connectivity index (χ4v) is 3.28. The standard InChI is InChI=1S/C18H17BrF2N2O/c19-14-3-1-2-13(10-14)11-18(24)23-8-6-22(7-9-23)15-4-5-16(20)17(21)12-15/h1-5,10,12H,6-9,11H2. The molecule has 3 nitrogen and oxygen atoms in total. The van der Waals surface area contributed by atoms with Gasteiger partial charge in [-0.3, -0.25) is 4.79 Å². The van der Waals surface area contributed by atoms with Crippen LogP contribution in [0.3, 0.4) is 0 Å². The summed E-state index contributed by atoms with van der Waals surface area (Å²) in [4.78, 5) is 16.2. The lowest BCUT2D eigenvalue weighted by Gasteiger charge is -2.36. The van der Waals surface area contributed by atoms with E-state index in [1.807, 2.05) is 34.1 Å². The minimum atomic E-state index is -0.847. The van der Waals surface area contributed by atoms with Crippen molar-refractivity contribution >= 4 is 27.5 Å². The molecule has 3 rings (SSSR count). The number of halogens is 3. The van der Waals surface area contributed by atoms with Gasteiger partial charge in [0.05, 0.1) is 6.42 Å². The van der Waals surface area contributed by atoms with Gasteiger partial charge in [0.1, 0.15) is 0 Å². The Bertz CT molecular complexity index is 746. The number of nitrogens with zero attached hydrogens (tertiary/aromatic N) is 2. The zero-order valence-electron chi connectivity index (χ0n) is 13.0. The summed E-state index contributed by atoms with van der Waals surface area (Å²) in [7, 11) is 0. The van der Waals surface area contributed by atoms with Crippen molar-refractivity contribution in [3.63, 3.8) is 0 Å². The highest BCUT2D eigenvalue weighted by Gasteiger charge is 2.22. The van der Waals surface area contributed by atoms with E-state index in [0.717, 1.165) is 16.1 Å². The maximum atomic E-state index is 13.3. The molecule has 1 amide bonds. The zero-order valence-corrected chi connectivity index (χ0v) is 14.6. The van der Waals surface area contributed by atoms with Gasteiger partial charge in [0.15, 0.2) is 11.6 Å². The first-order valence-electron chi connectivity index (χ1n) is 7.75. The first-order valence-corrected chi connectivity index (χ1v) is 8.54. The van der Waals surface area contributed by atoms with Crippen molar-refractivity contribution in [2.24, 2.45) is 0 Å². The third-order valence-corrected chi connectivity index (χ3v) is 4.64. The summed E-state index contributed by atoms with van der Waals surface area (Å²) in [6, 6.07) is 11.6. The summed E-state index contributed by atoms with van der Waals surface area (Å²) in [6.45, 7) is 2.36. The van der Waals surface area contributed by atoms with E-state index < -0.39 is 11.6 Å². The molecule has 1 aliphatic rings. The fraction of sp³-hybridized carbons (Fsp3) is 0.278. The smallest absolute Gasteiger partial charge is 0.227 e. The van der Waals surface area contributed by atoms with Crippen LogP contribution in [0.4, 0.5) is 14.5 Å². The van der Waals surface area contributed by atoms with E-state index in [1.54, 1.807) is 6.07 Å². The zero-order chi connectivity index (χ0) is 17.1.